The van der Waals surface area contributed by atoms with E-state index in [1.165, 1.54) is 0 Å². The number of rotatable bonds is 2. The molecule has 84 valence electrons. The molecule has 14 heavy (non-hydrogen) atoms. The minimum atomic E-state index is -0.319. The van der Waals surface area contributed by atoms with Crippen LogP contribution in [0.15, 0.2) is 0 Å². The van der Waals surface area contributed by atoms with Gasteiger partial charge in [0.1, 0.15) is 0 Å². The van der Waals surface area contributed by atoms with Gasteiger partial charge in [-0.3, -0.25) is 4.79 Å². The minimum absolute atomic E-state index is 0. The van der Waals surface area contributed by atoms with Gasteiger partial charge in [0.25, 0.3) is 0 Å². The second-order valence-electron chi connectivity index (χ2n) is 4.29. The molecule has 1 heterocycles. The Morgan fingerprint density at radius 2 is 2.07 bits per heavy atom. The van der Waals surface area contributed by atoms with Crippen LogP contribution < -0.4 is 5.73 Å². The van der Waals surface area contributed by atoms with Crippen molar-refractivity contribution in [3.63, 3.8) is 0 Å². The third-order valence-electron chi connectivity index (χ3n) is 2.84. The first-order valence-corrected chi connectivity index (χ1v) is 5.10. The maximum Gasteiger partial charge on any atom is 0.239 e. The second-order valence-corrected chi connectivity index (χ2v) is 4.29. The smallest absolute Gasteiger partial charge is 0.239 e. The van der Waals surface area contributed by atoms with Crippen molar-refractivity contribution in [3.05, 3.63) is 0 Å². The molecule has 2 N–H and O–H groups in total. The van der Waals surface area contributed by atoms with Crippen LogP contribution >= 0.6 is 0 Å². The number of likely N-dealkylation sites (tertiary alicyclic amines) is 1. The van der Waals surface area contributed by atoms with Gasteiger partial charge in [-0.05, 0) is 25.7 Å². The van der Waals surface area contributed by atoms with Gasteiger partial charge in [-0.25, -0.2) is 0 Å². The van der Waals surface area contributed by atoms with Crippen LogP contribution in [0.2, 0.25) is 0 Å². The molecule has 0 saturated carbocycles. The maximum atomic E-state index is 11.8. The molecular weight excluding hydrogens is 176 g/mol. The Bertz CT molecular complexity index is 192. The van der Waals surface area contributed by atoms with Gasteiger partial charge < -0.3 is 10.6 Å². The van der Waals surface area contributed by atoms with E-state index < -0.39 is 0 Å². The van der Waals surface area contributed by atoms with Crippen molar-refractivity contribution < 1.29 is 4.79 Å². The highest BCUT2D eigenvalue weighted by Crippen LogP contribution is 2.18. The van der Waals surface area contributed by atoms with Crippen LogP contribution in [0.25, 0.3) is 0 Å². The van der Waals surface area contributed by atoms with E-state index in [4.69, 9.17) is 5.73 Å². The molecule has 0 radical (unpaired) electrons. The number of nitrogens with two attached hydrogens (primary N) is 1. The average molecular weight is 200 g/mol. The number of hydrogen-bond donors (Lipinski definition) is 1. The van der Waals surface area contributed by atoms with Crippen molar-refractivity contribution in [2.45, 2.75) is 53.1 Å². The van der Waals surface area contributed by atoms with E-state index >= 15 is 0 Å². The first-order valence-electron chi connectivity index (χ1n) is 5.10. The lowest BCUT2D eigenvalue weighted by atomic mass is 10.0. The van der Waals surface area contributed by atoms with Crippen LogP contribution in [0, 0.1) is 5.92 Å². The van der Waals surface area contributed by atoms with Crippen molar-refractivity contribution in [2.24, 2.45) is 11.7 Å². The summed E-state index contributed by atoms with van der Waals surface area (Å²) in [5.74, 6) is 0.361. The van der Waals surface area contributed by atoms with Gasteiger partial charge in [-0.2, -0.15) is 0 Å². The van der Waals surface area contributed by atoms with Gasteiger partial charge in [-0.1, -0.05) is 21.3 Å². The molecule has 1 aliphatic rings. The number of hydrogen-bond acceptors (Lipinski definition) is 2. The van der Waals surface area contributed by atoms with Crippen molar-refractivity contribution in [1.82, 2.24) is 4.90 Å². The Kier molecular flexibility index (Phi) is 5.13. The van der Waals surface area contributed by atoms with Crippen LogP contribution in [0.5, 0.6) is 0 Å². The third-order valence-corrected chi connectivity index (χ3v) is 2.84. The van der Waals surface area contributed by atoms with Crippen LogP contribution in [0.4, 0.5) is 0 Å². The fourth-order valence-electron chi connectivity index (χ4n) is 1.74. The average Bonchev–Trinajstić information content (AvgIpc) is 2.48. The van der Waals surface area contributed by atoms with Crippen LogP contribution in [-0.2, 0) is 4.79 Å². The summed E-state index contributed by atoms with van der Waals surface area (Å²) in [6, 6.07) is 0.0675. The molecule has 0 aromatic rings. The molecule has 0 aromatic heterocycles. The fourth-order valence-corrected chi connectivity index (χ4v) is 1.74. The Morgan fingerprint density at radius 1 is 1.50 bits per heavy atom. The molecule has 0 aromatic carbocycles. The maximum absolute atomic E-state index is 11.8. The molecule has 0 spiro atoms. The summed E-state index contributed by atoms with van der Waals surface area (Å²) in [6.07, 6.45) is 2.24. The highest BCUT2D eigenvalue weighted by Gasteiger charge is 2.29. The van der Waals surface area contributed by atoms with Crippen LogP contribution in [0.1, 0.15) is 41.0 Å². The number of nitrogens with zero attached hydrogens (tertiary/aromatic N) is 1. The normalized spacial score (nSPS) is 23.5. The molecule has 1 fully saturated rings. The van der Waals surface area contributed by atoms with Gasteiger partial charge in [0, 0.05) is 12.6 Å². The molecule has 1 amide bonds. The van der Waals surface area contributed by atoms with Crippen molar-refractivity contribution in [2.75, 3.05) is 6.54 Å². The van der Waals surface area contributed by atoms with Crippen molar-refractivity contribution in [3.8, 4) is 0 Å². The minimum Gasteiger partial charge on any atom is -0.339 e. The summed E-state index contributed by atoms with van der Waals surface area (Å²) >= 11 is 0. The summed E-state index contributed by atoms with van der Waals surface area (Å²) in [5.41, 5.74) is 5.81. The molecular formula is C11H24N2O. The summed E-state index contributed by atoms with van der Waals surface area (Å²) in [4.78, 5) is 13.7. The zero-order chi connectivity index (χ0) is 10.0. The van der Waals surface area contributed by atoms with Crippen LogP contribution in [-0.4, -0.2) is 29.4 Å². The topological polar surface area (TPSA) is 46.3 Å². The highest BCUT2D eigenvalue weighted by atomic mass is 16.2. The standard InChI is InChI=1S/C10H20N2O.CH4/c1-7(2)9(11)10(13)12-6-4-5-8(12)3;/h7-9H,4-6,11H2,1-3H3;1H4/t8-,9+;/m1./s1. The van der Waals surface area contributed by atoms with Crippen molar-refractivity contribution in [1.29, 1.82) is 0 Å². The van der Waals surface area contributed by atoms with Crippen molar-refractivity contribution >= 4 is 5.91 Å². The second kappa shape index (κ2) is 5.35. The molecule has 0 bridgehead atoms. The number of carbonyl (C=O) groups excluding carboxylic acids is 1. The highest BCUT2D eigenvalue weighted by molar-refractivity contribution is 5.82. The zero-order valence-corrected chi connectivity index (χ0v) is 8.79. The quantitative estimate of drug-likeness (QED) is 0.736. The predicted octanol–water partition coefficient (Wildman–Crippen LogP) is 1.62. The monoisotopic (exact) mass is 200 g/mol. The Hall–Kier alpha value is -0.570. The van der Waals surface area contributed by atoms with E-state index in [0.29, 0.717) is 6.04 Å². The molecule has 0 aliphatic carbocycles. The molecule has 2 atom stereocenters. The fraction of sp³-hybridized carbons (Fsp3) is 0.909. The Labute approximate surface area is 87.6 Å². The predicted molar refractivity (Wildman–Crippen MR) is 60.0 cm³/mol. The lowest BCUT2D eigenvalue weighted by Crippen LogP contribution is -2.47. The molecule has 1 aliphatic heterocycles. The lowest BCUT2D eigenvalue weighted by molar-refractivity contribution is -0.134. The summed E-state index contributed by atoms with van der Waals surface area (Å²) in [7, 11) is 0. The third kappa shape index (κ3) is 2.71. The van der Waals surface area contributed by atoms with E-state index in [-0.39, 0.29) is 25.3 Å². The molecule has 1 saturated heterocycles. The number of carbonyl (C=O) groups is 1. The first-order chi connectivity index (χ1) is 6.04. The SMILES string of the molecule is C.CC(C)[C@H](N)C(=O)N1CCC[C@H]1C. The van der Waals surface area contributed by atoms with Gasteiger partial charge in [0.2, 0.25) is 5.91 Å². The summed E-state index contributed by atoms with van der Waals surface area (Å²) in [5, 5.41) is 0. The largest absolute Gasteiger partial charge is 0.339 e. The first kappa shape index (κ1) is 13.4. The van der Waals surface area contributed by atoms with E-state index in [0.717, 1.165) is 19.4 Å². The summed E-state index contributed by atoms with van der Waals surface area (Å²) < 4.78 is 0. The van der Waals surface area contributed by atoms with Crippen LogP contribution in [0.3, 0.4) is 0 Å². The summed E-state index contributed by atoms with van der Waals surface area (Å²) in [6.45, 7) is 6.96. The lowest BCUT2D eigenvalue weighted by Gasteiger charge is -2.26. The van der Waals surface area contributed by atoms with E-state index in [1.807, 2.05) is 18.7 Å². The Morgan fingerprint density at radius 3 is 2.43 bits per heavy atom. The van der Waals surface area contributed by atoms with E-state index in [1.54, 1.807) is 0 Å². The molecule has 1 rings (SSSR count). The van der Waals surface area contributed by atoms with E-state index in [9.17, 15) is 4.79 Å². The molecule has 0 unspecified atom stereocenters. The molecule has 3 nitrogen and oxygen atoms in total. The van der Waals surface area contributed by atoms with Gasteiger partial charge in [-0.15, -0.1) is 0 Å². The van der Waals surface area contributed by atoms with E-state index in [2.05, 4.69) is 6.92 Å². The molecule has 3 heteroatoms. The van der Waals surface area contributed by atoms with Gasteiger partial charge in [0.05, 0.1) is 6.04 Å². The number of amides is 1. The Balaban J connectivity index is 0.00000169. The van der Waals surface area contributed by atoms with Gasteiger partial charge in [0.15, 0.2) is 0 Å². The van der Waals surface area contributed by atoms with Gasteiger partial charge >= 0.3 is 0 Å². The zero-order valence-electron chi connectivity index (χ0n) is 8.79.